The van der Waals surface area contributed by atoms with Crippen molar-refractivity contribution in [3.05, 3.63) is 21.9 Å². The van der Waals surface area contributed by atoms with Gasteiger partial charge >= 0.3 is 6.03 Å². The fourth-order valence-corrected chi connectivity index (χ4v) is 2.84. The van der Waals surface area contributed by atoms with Crippen LogP contribution in [-0.4, -0.2) is 27.9 Å². The van der Waals surface area contributed by atoms with E-state index >= 15 is 0 Å². The Morgan fingerprint density at radius 2 is 2.15 bits per heavy atom. The van der Waals surface area contributed by atoms with Crippen LogP contribution in [0.2, 0.25) is 10.2 Å². The number of urea groups is 1. The van der Waals surface area contributed by atoms with Crippen molar-refractivity contribution in [3.63, 3.8) is 0 Å². The summed E-state index contributed by atoms with van der Waals surface area (Å²) in [6, 6.07) is 1.27. The molecular weight excluding hydrogens is 301 g/mol. The Hall–Kier alpha value is -0.910. The van der Waals surface area contributed by atoms with Crippen molar-refractivity contribution >= 4 is 29.2 Å². The fraction of sp³-hybridized carbons (Fsp3) is 0.615. The Balaban J connectivity index is 1.84. The predicted molar refractivity (Wildman–Crippen MR) is 79.1 cm³/mol. The second kappa shape index (κ2) is 6.70. The standard InChI is InChI=1S/C13H19Cl2N3O2/c1-18-8(6-9(14)12(18)15)7-16-13(20)17-10-4-2-3-5-11(10)19/h6,10-11,19H,2-5,7H2,1H3,(H2,16,17,20). The fourth-order valence-electron chi connectivity index (χ4n) is 2.43. The Morgan fingerprint density at radius 1 is 1.45 bits per heavy atom. The number of amides is 2. The van der Waals surface area contributed by atoms with Crippen LogP contribution in [-0.2, 0) is 13.6 Å². The van der Waals surface area contributed by atoms with E-state index in [9.17, 15) is 9.90 Å². The van der Waals surface area contributed by atoms with E-state index in [0.717, 1.165) is 31.4 Å². The molecule has 1 aromatic heterocycles. The van der Waals surface area contributed by atoms with E-state index in [2.05, 4.69) is 10.6 Å². The summed E-state index contributed by atoms with van der Waals surface area (Å²) in [6.07, 6.45) is 3.16. The van der Waals surface area contributed by atoms with Gasteiger partial charge in [-0.3, -0.25) is 0 Å². The Labute approximate surface area is 128 Å². The van der Waals surface area contributed by atoms with E-state index in [1.165, 1.54) is 0 Å². The van der Waals surface area contributed by atoms with Crippen molar-refractivity contribution in [2.75, 3.05) is 0 Å². The minimum absolute atomic E-state index is 0.163. The lowest BCUT2D eigenvalue weighted by molar-refractivity contribution is 0.0943. The molecule has 20 heavy (non-hydrogen) atoms. The number of carbonyl (C=O) groups excluding carboxylic acids is 1. The normalized spacial score (nSPS) is 22.6. The number of aliphatic hydroxyl groups is 1. The molecule has 0 saturated heterocycles. The first-order chi connectivity index (χ1) is 9.49. The minimum Gasteiger partial charge on any atom is -0.391 e. The molecule has 2 rings (SSSR count). The summed E-state index contributed by atoms with van der Waals surface area (Å²) in [7, 11) is 1.79. The number of hydrogen-bond donors (Lipinski definition) is 3. The third-order valence-corrected chi connectivity index (χ3v) is 4.53. The molecule has 5 nitrogen and oxygen atoms in total. The van der Waals surface area contributed by atoms with Crippen LogP contribution in [0.15, 0.2) is 6.07 Å². The monoisotopic (exact) mass is 319 g/mol. The third kappa shape index (κ3) is 3.59. The van der Waals surface area contributed by atoms with Crippen molar-refractivity contribution < 1.29 is 9.90 Å². The van der Waals surface area contributed by atoms with Crippen molar-refractivity contribution in [1.82, 2.24) is 15.2 Å². The highest BCUT2D eigenvalue weighted by Crippen LogP contribution is 2.25. The van der Waals surface area contributed by atoms with Gasteiger partial charge < -0.3 is 20.3 Å². The third-order valence-electron chi connectivity index (χ3n) is 3.69. The Morgan fingerprint density at radius 3 is 2.75 bits per heavy atom. The van der Waals surface area contributed by atoms with Gasteiger partial charge in [0.2, 0.25) is 0 Å². The van der Waals surface area contributed by atoms with E-state index in [1.54, 1.807) is 17.7 Å². The summed E-state index contributed by atoms with van der Waals surface area (Å²) in [5, 5.41) is 16.3. The molecule has 1 aromatic rings. The molecule has 3 N–H and O–H groups in total. The number of aromatic nitrogens is 1. The number of rotatable bonds is 3. The van der Waals surface area contributed by atoms with Crippen molar-refractivity contribution in [1.29, 1.82) is 0 Å². The second-order valence-corrected chi connectivity index (χ2v) is 5.88. The topological polar surface area (TPSA) is 66.3 Å². The SMILES string of the molecule is Cn1c(CNC(=O)NC2CCCCC2O)cc(Cl)c1Cl. The maximum atomic E-state index is 11.8. The molecule has 2 unspecified atom stereocenters. The van der Waals surface area contributed by atoms with Crippen LogP contribution in [0, 0.1) is 0 Å². The minimum atomic E-state index is -0.451. The summed E-state index contributed by atoms with van der Waals surface area (Å²) in [4.78, 5) is 11.8. The average Bonchev–Trinajstić information content (AvgIpc) is 2.66. The molecule has 2 atom stereocenters. The number of carbonyl (C=O) groups is 1. The van der Waals surface area contributed by atoms with Crippen LogP contribution >= 0.6 is 23.2 Å². The Kier molecular flexibility index (Phi) is 5.18. The zero-order valence-corrected chi connectivity index (χ0v) is 12.8. The molecule has 0 aromatic carbocycles. The number of nitrogens with one attached hydrogen (secondary N) is 2. The lowest BCUT2D eigenvalue weighted by atomic mass is 9.93. The summed E-state index contributed by atoms with van der Waals surface area (Å²) >= 11 is 11.9. The molecule has 1 aliphatic rings. The van der Waals surface area contributed by atoms with Crippen LogP contribution in [0.5, 0.6) is 0 Å². The van der Waals surface area contributed by atoms with Gasteiger partial charge in [0.1, 0.15) is 5.15 Å². The van der Waals surface area contributed by atoms with Gasteiger partial charge in [0.05, 0.1) is 23.7 Å². The smallest absolute Gasteiger partial charge is 0.315 e. The predicted octanol–water partition coefficient (Wildman–Crippen LogP) is 2.43. The van der Waals surface area contributed by atoms with E-state index < -0.39 is 6.10 Å². The lowest BCUT2D eigenvalue weighted by Crippen LogP contribution is -2.48. The first-order valence-corrected chi connectivity index (χ1v) is 7.46. The zero-order chi connectivity index (χ0) is 14.7. The molecule has 0 radical (unpaired) electrons. The molecule has 1 aliphatic carbocycles. The van der Waals surface area contributed by atoms with Gasteiger partial charge in [0.25, 0.3) is 0 Å². The highest BCUT2D eigenvalue weighted by molar-refractivity contribution is 6.41. The van der Waals surface area contributed by atoms with Crippen LogP contribution in [0.25, 0.3) is 0 Å². The van der Waals surface area contributed by atoms with E-state index in [1.807, 2.05) is 0 Å². The van der Waals surface area contributed by atoms with Gasteiger partial charge in [-0.05, 0) is 18.9 Å². The van der Waals surface area contributed by atoms with Crippen LogP contribution in [0.3, 0.4) is 0 Å². The average molecular weight is 320 g/mol. The van der Waals surface area contributed by atoms with E-state index in [-0.39, 0.29) is 12.1 Å². The number of nitrogens with zero attached hydrogens (tertiary/aromatic N) is 1. The molecular formula is C13H19Cl2N3O2. The van der Waals surface area contributed by atoms with Crippen molar-refractivity contribution in [2.24, 2.45) is 7.05 Å². The van der Waals surface area contributed by atoms with Crippen LogP contribution in [0.4, 0.5) is 4.79 Å². The summed E-state index contributed by atoms with van der Waals surface area (Å²) in [5.74, 6) is 0. The quantitative estimate of drug-likeness (QED) is 0.801. The molecule has 7 heteroatoms. The van der Waals surface area contributed by atoms with Crippen LogP contribution < -0.4 is 10.6 Å². The van der Waals surface area contributed by atoms with Crippen molar-refractivity contribution in [2.45, 2.75) is 44.4 Å². The second-order valence-electron chi connectivity index (χ2n) is 5.12. The molecule has 112 valence electrons. The molecule has 0 bridgehead atoms. The maximum Gasteiger partial charge on any atom is 0.315 e. The highest BCUT2D eigenvalue weighted by Gasteiger charge is 2.24. The lowest BCUT2D eigenvalue weighted by Gasteiger charge is -2.28. The molecule has 1 saturated carbocycles. The summed E-state index contributed by atoms with van der Waals surface area (Å²) in [5.41, 5.74) is 0.819. The molecule has 1 fully saturated rings. The van der Waals surface area contributed by atoms with Gasteiger partial charge in [-0.15, -0.1) is 0 Å². The van der Waals surface area contributed by atoms with Gasteiger partial charge in [0, 0.05) is 12.7 Å². The number of halogens is 2. The van der Waals surface area contributed by atoms with Crippen LogP contribution in [0.1, 0.15) is 31.4 Å². The largest absolute Gasteiger partial charge is 0.391 e. The van der Waals surface area contributed by atoms with Gasteiger partial charge in [-0.25, -0.2) is 4.79 Å². The number of hydrogen-bond acceptors (Lipinski definition) is 2. The van der Waals surface area contributed by atoms with Gasteiger partial charge in [0.15, 0.2) is 0 Å². The maximum absolute atomic E-state index is 11.8. The highest BCUT2D eigenvalue weighted by atomic mass is 35.5. The summed E-state index contributed by atoms with van der Waals surface area (Å²) < 4.78 is 1.72. The van der Waals surface area contributed by atoms with Crippen molar-refractivity contribution in [3.8, 4) is 0 Å². The van der Waals surface area contributed by atoms with E-state index in [4.69, 9.17) is 23.2 Å². The summed E-state index contributed by atoms with van der Waals surface area (Å²) in [6.45, 7) is 0.331. The Bertz CT molecular complexity index is 490. The zero-order valence-electron chi connectivity index (χ0n) is 11.3. The molecule has 1 heterocycles. The first kappa shape index (κ1) is 15.5. The molecule has 0 aliphatic heterocycles. The number of aliphatic hydroxyl groups excluding tert-OH is 1. The van der Waals surface area contributed by atoms with Gasteiger partial charge in [-0.1, -0.05) is 36.0 Å². The molecule has 2 amide bonds. The molecule has 0 spiro atoms. The van der Waals surface area contributed by atoms with E-state index in [0.29, 0.717) is 16.7 Å². The van der Waals surface area contributed by atoms with Gasteiger partial charge in [-0.2, -0.15) is 0 Å². The first-order valence-electron chi connectivity index (χ1n) is 6.71.